The summed E-state index contributed by atoms with van der Waals surface area (Å²) in [6.45, 7) is 2.21. The van der Waals surface area contributed by atoms with Crippen LogP contribution in [0.25, 0.3) is 0 Å². The van der Waals surface area contributed by atoms with Crippen LogP contribution in [-0.2, 0) is 14.6 Å². The van der Waals surface area contributed by atoms with Gasteiger partial charge in [0.2, 0.25) is 5.91 Å². The normalized spacial score (nSPS) is 11.2. The quantitative estimate of drug-likeness (QED) is 0.862. The second-order valence-electron chi connectivity index (χ2n) is 3.48. The summed E-state index contributed by atoms with van der Waals surface area (Å²) in [5.74, 6) is -1.25. The lowest BCUT2D eigenvalue weighted by molar-refractivity contribution is -0.120. The lowest BCUT2D eigenvalue weighted by Crippen LogP contribution is -2.25. The minimum Gasteiger partial charge on any atom is -0.356 e. The van der Waals surface area contributed by atoms with E-state index in [0.29, 0.717) is 6.54 Å². The third-order valence-electron chi connectivity index (χ3n) is 2.13. The van der Waals surface area contributed by atoms with Crippen molar-refractivity contribution in [2.75, 3.05) is 12.3 Å². The predicted octanol–water partition coefficient (Wildman–Crippen LogP) is 1.13. The molecule has 0 unspecified atom stereocenters. The Hall–Kier alpha value is -1.43. The highest BCUT2D eigenvalue weighted by Crippen LogP contribution is 2.13. The molecule has 6 heteroatoms. The van der Waals surface area contributed by atoms with E-state index in [4.69, 9.17) is 0 Å². The molecule has 1 rings (SSSR count). The van der Waals surface area contributed by atoms with Gasteiger partial charge in [-0.15, -0.1) is 0 Å². The van der Waals surface area contributed by atoms with E-state index in [9.17, 15) is 17.6 Å². The molecule has 17 heavy (non-hydrogen) atoms. The molecule has 0 saturated carbocycles. The number of amides is 1. The van der Waals surface area contributed by atoms with Crippen molar-refractivity contribution in [1.29, 1.82) is 0 Å². The molecule has 1 N–H and O–H groups in total. The van der Waals surface area contributed by atoms with Gasteiger partial charge < -0.3 is 5.32 Å². The minimum absolute atomic E-state index is 0.0956. The first-order valence-corrected chi connectivity index (χ1v) is 6.86. The van der Waals surface area contributed by atoms with Crippen molar-refractivity contribution < 1.29 is 17.6 Å². The molecule has 0 spiro atoms. The number of benzene rings is 1. The summed E-state index contributed by atoms with van der Waals surface area (Å²) in [6, 6.07) is 4.76. The van der Waals surface area contributed by atoms with Gasteiger partial charge in [0, 0.05) is 13.0 Å². The van der Waals surface area contributed by atoms with Gasteiger partial charge in [-0.1, -0.05) is 6.07 Å². The number of hydrogen-bond acceptors (Lipinski definition) is 3. The lowest BCUT2D eigenvalue weighted by Gasteiger charge is -2.04. The second kappa shape index (κ2) is 5.77. The van der Waals surface area contributed by atoms with Crippen molar-refractivity contribution in [3.63, 3.8) is 0 Å². The van der Waals surface area contributed by atoms with Crippen LogP contribution >= 0.6 is 0 Å². The summed E-state index contributed by atoms with van der Waals surface area (Å²) < 4.78 is 36.4. The van der Waals surface area contributed by atoms with Crippen molar-refractivity contribution in [2.24, 2.45) is 0 Å². The van der Waals surface area contributed by atoms with Gasteiger partial charge in [-0.25, -0.2) is 12.8 Å². The zero-order valence-electron chi connectivity index (χ0n) is 9.44. The zero-order valence-corrected chi connectivity index (χ0v) is 10.3. The average Bonchev–Trinajstić information content (AvgIpc) is 2.27. The molecule has 0 fully saturated rings. The first kappa shape index (κ1) is 13.6. The van der Waals surface area contributed by atoms with Crippen molar-refractivity contribution in [3.05, 3.63) is 30.1 Å². The van der Waals surface area contributed by atoms with Crippen LogP contribution in [0, 0.1) is 5.82 Å². The molecule has 1 amide bonds. The number of nitrogens with one attached hydrogen (secondary N) is 1. The van der Waals surface area contributed by atoms with Gasteiger partial charge >= 0.3 is 0 Å². The van der Waals surface area contributed by atoms with E-state index in [-0.39, 0.29) is 23.0 Å². The number of rotatable bonds is 5. The molecule has 0 aliphatic rings. The fourth-order valence-corrected chi connectivity index (χ4v) is 2.56. The summed E-state index contributed by atoms with van der Waals surface area (Å²) >= 11 is 0. The molecule has 0 heterocycles. The fourth-order valence-electron chi connectivity index (χ4n) is 1.29. The molecule has 1 aromatic rings. The highest BCUT2D eigenvalue weighted by Gasteiger charge is 2.16. The molecule has 0 aliphatic carbocycles. The third-order valence-corrected chi connectivity index (χ3v) is 3.84. The van der Waals surface area contributed by atoms with Crippen molar-refractivity contribution >= 4 is 15.7 Å². The van der Waals surface area contributed by atoms with E-state index in [0.717, 1.165) is 6.07 Å². The van der Waals surface area contributed by atoms with Crippen LogP contribution in [0.15, 0.2) is 29.2 Å². The second-order valence-corrected chi connectivity index (χ2v) is 5.59. The van der Waals surface area contributed by atoms with Gasteiger partial charge in [0.1, 0.15) is 5.82 Å². The highest BCUT2D eigenvalue weighted by molar-refractivity contribution is 7.91. The minimum atomic E-state index is -3.60. The molecule has 94 valence electrons. The Morgan fingerprint density at radius 2 is 2.12 bits per heavy atom. The number of hydrogen-bond donors (Lipinski definition) is 1. The Morgan fingerprint density at radius 1 is 1.41 bits per heavy atom. The first-order valence-electron chi connectivity index (χ1n) is 5.20. The smallest absolute Gasteiger partial charge is 0.221 e. The van der Waals surface area contributed by atoms with Gasteiger partial charge in [0.15, 0.2) is 9.84 Å². The van der Waals surface area contributed by atoms with Crippen LogP contribution in [0.2, 0.25) is 0 Å². The Balaban J connectivity index is 2.73. The number of sulfone groups is 1. The van der Waals surface area contributed by atoms with E-state index in [1.165, 1.54) is 18.2 Å². The number of carbonyl (C=O) groups excluding carboxylic acids is 1. The zero-order chi connectivity index (χ0) is 12.9. The predicted molar refractivity (Wildman–Crippen MR) is 61.8 cm³/mol. The van der Waals surface area contributed by atoms with Gasteiger partial charge in [0.25, 0.3) is 0 Å². The van der Waals surface area contributed by atoms with Gasteiger partial charge in [-0.05, 0) is 25.1 Å². The Bertz CT molecular complexity index is 499. The Morgan fingerprint density at radius 3 is 2.71 bits per heavy atom. The first-order chi connectivity index (χ1) is 7.95. The molecular weight excluding hydrogens is 245 g/mol. The average molecular weight is 259 g/mol. The Kier molecular flexibility index (Phi) is 4.62. The van der Waals surface area contributed by atoms with Crippen molar-refractivity contribution in [1.82, 2.24) is 5.32 Å². The summed E-state index contributed by atoms with van der Waals surface area (Å²) in [4.78, 5) is 11.0. The van der Waals surface area contributed by atoms with Crippen LogP contribution in [0.4, 0.5) is 4.39 Å². The van der Waals surface area contributed by atoms with Crippen LogP contribution < -0.4 is 5.32 Å². The topological polar surface area (TPSA) is 63.2 Å². The van der Waals surface area contributed by atoms with E-state index >= 15 is 0 Å². The van der Waals surface area contributed by atoms with Crippen LogP contribution in [0.3, 0.4) is 0 Å². The van der Waals surface area contributed by atoms with Crippen molar-refractivity contribution in [2.45, 2.75) is 18.2 Å². The van der Waals surface area contributed by atoms with Gasteiger partial charge in [0.05, 0.1) is 10.6 Å². The third kappa shape index (κ3) is 4.14. The van der Waals surface area contributed by atoms with E-state index < -0.39 is 15.7 Å². The Labute approximate surface area is 99.8 Å². The molecule has 1 aromatic carbocycles. The van der Waals surface area contributed by atoms with Crippen molar-refractivity contribution in [3.8, 4) is 0 Å². The molecular formula is C11H14FNO3S. The molecule has 0 aromatic heterocycles. The van der Waals surface area contributed by atoms with Gasteiger partial charge in [-0.3, -0.25) is 4.79 Å². The molecule has 0 bridgehead atoms. The van der Waals surface area contributed by atoms with E-state index in [2.05, 4.69) is 5.32 Å². The summed E-state index contributed by atoms with van der Waals surface area (Å²) in [5.41, 5.74) is 0. The maximum absolute atomic E-state index is 12.9. The number of carbonyl (C=O) groups is 1. The molecule has 0 atom stereocenters. The van der Waals surface area contributed by atoms with E-state index in [1.807, 2.05) is 0 Å². The molecule has 0 aliphatic heterocycles. The fraction of sp³-hybridized carbons (Fsp3) is 0.364. The largest absolute Gasteiger partial charge is 0.356 e. The lowest BCUT2D eigenvalue weighted by atomic mass is 10.3. The monoisotopic (exact) mass is 259 g/mol. The SMILES string of the molecule is CCNC(=O)CCS(=O)(=O)c1cccc(F)c1. The maximum Gasteiger partial charge on any atom is 0.221 e. The number of halogens is 1. The van der Waals surface area contributed by atoms with Gasteiger partial charge in [-0.2, -0.15) is 0 Å². The maximum atomic E-state index is 12.9. The summed E-state index contributed by atoms with van der Waals surface area (Å²) in [7, 11) is -3.60. The van der Waals surface area contributed by atoms with Crippen LogP contribution in [0.5, 0.6) is 0 Å². The van der Waals surface area contributed by atoms with Crippen LogP contribution in [-0.4, -0.2) is 26.6 Å². The van der Waals surface area contributed by atoms with Crippen LogP contribution in [0.1, 0.15) is 13.3 Å². The molecule has 0 saturated heterocycles. The summed E-state index contributed by atoms with van der Waals surface area (Å²) in [6.07, 6.45) is -0.118. The highest BCUT2D eigenvalue weighted by atomic mass is 32.2. The molecule has 0 radical (unpaired) electrons. The summed E-state index contributed by atoms with van der Waals surface area (Å²) in [5, 5.41) is 2.50. The standard InChI is InChI=1S/C11H14FNO3S/c1-2-13-11(14)6-7-17(15,16)10-5-3-4-9(12)8-10/h3-5,8H,2,6-7H2,1H3,(H,13,14). The van der Waals surface area contributed by atoms with E-state index in [1.54, 1.807) is 6.92 Å². The molecule has 4 nitrogen and oxygen atoms in total.